The van der Waals surface area contributed by atoms with Crippen LogP contribution in [-0.2, 0) is 19.1 Å². The molecule has 0 aromatic heterocycles. The number of hydrogen-bond donors (Lipinski definition) is 2. The second-order valence-electron chi connectivity index (χ2n) is 23.9. The molecule has 0 aromatic rings. The summed E-state index contributed by atoms with van der Waals surface area (Å²) in [6.07, 6.45) is 81.6. The highest BCUT2D eigenvalue weighted by molar-refractivity contribution is 5.80. The maximum atomic E-state index is 12.5. The summed E-state index contributed by atoms with van der Waals surface area (Å²) >= 11 is 0. The highest BCUT2D eigenvalue weighted by Crippen LogP contribution is 2.25. The number of aliphatic hydroxyl groups is 2. The number of rotatable bonds is 58. The highest BCUT2D eigenvalue weighted by Gasteiger charge is 2.36. The van der Waals surface area contributed by atoms with Gasteiger partial charge in [0.2, 0.25) is 0 Å². The third kappa shape index (κ3) is 48.7. The quantitative estimate of drug-likeness (QED) is 0.0358. The molecule has 0 aromatic carbocycles. The summed E-state index contributed by atoms with van der Waals surface area (Å²) in [5.41, 5.74) is -1.12. The second-order valence-corrected chi connectivity index (χ2v) is 23.9. The van der Waals surface area contributed by atoms with E-state index in [0.29, 0.717) is 6.42 Å². The molecule has 73 heavy (non-hydrogen) atoms. The molecule has 1 aliphatic rings. The number of allylic oxidation sites excluding steroid dienone is 2. The van der Waals surface area contributed by atoms with Crippen LogP contribution in [0, 0.1) is 11.3 Å². The van der Waals surface area contributed by atoms with Crippen LogP contribution >= 0.6 is 0 Å². The number of cyclic esters (lactones) is 2. The molecular formula is C67H128O6. The SMILES string of the molecule is CCCCCCCCCCCCCCCCCCCCCCCCCCCCCCCCC/C=C/CCCCCCCCCCCCCCCCCCCCCCCC1CC(=O)OCC(CO)(CO)COC1=O. The number of unbranched alkanes of at least 4 members (excludes halogenated alkanes) is 52. The molecule has 0 spiro atoms. The van der Waals surface area contributed by atoms with Gasteiger partial charge >= 0.3 is 11.9 Å². The van der Waals surface area contributed by atoms with Gasteiger partial charge in [-0.1, -0.05) is 340 Å². The van der Waals surface area contributed by atoms with E-state index in [1.807, 2.05) is 0 Å². The summed E-state index contributed by atoms with van der Waals surface area (Å²) in [7, 11) is 0. The van der Waals surface area contributed by atoms with Crippen molar-refractivity contribution in [3.05, 3.63) is 12.2 Å². The average molecular weight is 1030 g/mol. The first-order valence-corrected chi connectivity index (χ1v) is 33.3. The Labute approximate surface area is 455 Å². The van der Waals surface area contributed by atoms with E-state index in [2.05, 4.69) is 19.1 Å². The van der Waals surface area contributed by atoms with Crippen molar-refractivity contribution in [3.63, 3.8) is 0 Å². The molecule has 1 aliphatic heterocycles. The van der Waals surface area contributed by atoms with Gasteiger partial charge in [0.15, 0.2) is 0 Å². The monoisotopic (exact) mass is 1030 g/mol. The van der Waals surface area contributed by atoms with Crippen molar-refractivity contribution in [3.8, 4) is 0 Å². The van der Waals surface area contributed by atoms with Gasteiger partial charge in [-0.25, -0.2) is 0 Å². The normalized spacial score (nSPS) is 15.2. The number of esters is 2. The largest absolute Gasteiger partial charge is 0.465 e. The Morgan fingerprint density at radius 3 is 0.849 bits per heavy atom. The molecule has 1 fully saturated rings. The Morgan fingerprint density at radius 2 is 0.589 bits per heavy atom. The first-order chi connectivity index (χ1) is 36.1. The maximum Gasteiger partial charge on any atom is 0.309 e. The van der Waals surface area contributed by atoms with Crippen LogP contribution in [0.1, 0.15) is 366 Å². The van der Waals surface area contributed by atoms with Crippen LogP contribution in [0.15, 0.2) is 12.2 Å². The summed E-state index contributed by atoms with van der Waals surface area (Å²) in [5.74, 6) is -1.40. The molecule has 1 atom stereocenters. The molecule has 1 rings (SSSR count). The molecule has 432 valence electrons. The van der Waals surface area contributed by atoms with Crippen molar-refractivity contribution in [2.45, 2.75) is 366 Å². The third-order valence-corrected chi connectivity index (χ3v) is 16.5. The number of carbonyl (C=O) groups excluding carboxylic acids is 2. The smallest absolute Gasteiger partial charge is 0.309 e. The Kier molecular flexibility index (Phi) is 54.2. The number of carbonyl (C=O) groups is 2. The second kappa shape index (κ2) is 56.8. The van der Waals surface area contributed by atoms with E-state index in [4.69, 9.17) is 9.47 Å². The maximum absolute atomic E-state index is 12.5. The molecule has 0 aliphatic carbocycles. The molecule has 0 bridgehead atoms. The Hall–Kier alpha value is -1.40. The minimum atomic E-state index is -1.12. The van der Waals surface area contributed by atoms with Gasteiger partial charge in [-0.05, 0) is 32.1 Å². The van der Waals surface area contributed by atoms with E-state index in [1.54, 1.807) is 0 Å². The van der Waals surface area contributed by atoms with E-state index >= 15 is 0 Å². The van der Waals surface area contributed by atoms with Crippen LogP contribution in [0.5, 0.6) is 0 Å². The summed E-state index contributed by atoms with van der Waals surface area (Å²) in [5, 5.41) is 19.2. The van der Waals surface area contributed by atoms with Gasteiger partial charge in [-0.3, -0.25) is 9.59 Å². The van der Waals surface area contributed by atoms with Crippen molar-refractivity contribution in [1.82, 2.24) is 0 Å². The summed E-state index contributed by atoms with van der Waals surface area (Å²) in [4.78, 5) is 24.7. The zero-order valence-electron chi connectivity index (χ0n) is 49.2. The topological polar surface area (TPSA) is 93.1 Å². The predicted octanol–water partition coefficient (Wildman–Crippen LogP) is 21.1. The lowest BCUT2D eigenvalue weighted by atomic mass is 9.92. The lowest BCUT2D eigenvalue weighted by Gasteiger charge is -2.27. The molecule has 0 saturated carbocycles. The molecule has 1 unspecified atom stereocenters. The molecule has 1 saturated heterocycles. The van der Waals surface area contributed by atoms with Crippen molar-refractivity contribution in [2.75, 3.05) is 26.4 Å². The van der Waals surface area contributed by atoms with Gasteiger partial charge in [-0.2, -0.15) is 0 Å². The Balaban J connectivity index is 1.68. The summed E-state index contributed by atoms with van der Waals surface area (Å²) in [6.45, 7) is 1.21. The van der Waals surface area contributed by atoms with Crippen molar-refractivity contribution < 1.29 is 29.3 Å². The van der Waals surface area contributed by atoms with Crippen molar-refractivity contribution in [1.29, 1.82) is 0 Å². The highest BCUT2D eigenvalue weighted by atomic mass is 16.6. The molecule has 6 nitrogen and oxygen atoms in total. The summed E-state index contributed by atoms with van der Waals surface area (Å²) < 4.78 is 10.6. The number of aliphatic hydroxyl groups excluding tert-OH is 2. The fourth-order valence-corrected chi connectivity index (χ4v) is 11.1. The van der Waals surface area contributed by atoms with Crippen LogP contribution in [0.4, 0.5) is 0 Å². The first kappa shape index (κ1) is 69.6. The van der Waals surface area contributed by atoms with Crippen LogP contribution in [-0.4, -0.2) is 48.6 Å². The van der Waals surface area contributed by atoms with Crippen LogP contribution in [0.2, 0.25) is 0 Å². The fraction of sp³-hybridized carbons (Fsp3) is 0.940. The van der Waals surface area contributed by atoms with Gasteiger partial charge in [-0.15, -0.1) is 0 Å². The third-order valence-electron chi connectivity index (χ3n) is 16.5. The molecule has 6 heteroatoms. The lowest BCUT2D eigenvalue weighted by molar-refractivity contribution is -0.155. The molecule has 1 heterocycles. The lowest BCUT2D eigenvalue weighted by Crippen LogP contribution is -2.40. The number of ether oxygens (including phenoxy) is 2. The molecule has 0 amide bonds. The van der Waals surface area contributed by atoms with Crippen molar-refractivity contribution in [2.24, 2.45) is 11.3 Å². The minimum absolute atomic E-state index is 0.00416. The van der Waals surface area contributed by atoms with Gasteiger partial charge < -0.3 is 19.7 Å². The molecule has 0 radical (unpaired) electrons. The Morgan fingerprint density at radius 1 is 0.356 bits per heavy atom. The van der Waals surface area contributed by atoms with E-state index in [0.717, 1.165) is 19.3 Å². The van der Waals surface area contributed by atoms with Gasteiger partial charge in [0, 0.05) is 0 Å². The van der Waals surface area contributed by atoms with Gasteiger partial charge in [0.05, 0.1) is 31.0 Å². The first-order valence-electron chi connectivity index (χ1n) is 33.3. The van der Waals surface area contributed by atoms with Crippen molar-refractivity contribution >= 4 is 11.9 Å². The zero-order chi connectivity index (χ0) is 52.5. The standard InChI is InChI=1S/C67H128O6/c1-2-3-4-5-6-7-8-9-10-11-12-13-14-15-16-17-18-19-20-21-22-23-24-25-26-27-28-29-30-31-32-33-34-35-36-37-38-39-40-41-42-43-44-45-46-47-48-49-50-51-52-53-54-55-56-57-58-64-59-65(70)72-62-67(60-68,61-69)63-73-66(64)71/h34-35,64,68-69H,2-33,36-63H2,1H3/b35-34+. The predicted molar refractivity (Wildman–Crippen MR) is 315 cm³/mol. The van der Waals surface area contributed by atoms with Crippen LogP contribution in [0.25, 0.3) is 0 Å². The van der Waals surface area contributed by atoms with Crippen LogP contribution in [0.3, 0.4) is 0 Å². The molecular weight excluding hydrogens is 901 g/mol. The minimum Gasteiger partial charge on any atom is -0.465 e. The average Bonchev–Trinajstić information content (AvgIpc) is 3.46. The fourth-order valence-electron chi connectivity index (χ4n) is 11.1. The Bertz CT molecular complexity index is 1150. The van der Waals surface area contributed by atoms with E-state index in [1.165, 1.54) is 327 Å². The van der Waals surface area contributed by atoms with E-state index in [9.17, 15) is 19.8 Å². The van der Waals surface area contributed by atoms with E-state index in [-0.39, 0.29) is 19.6 Å². The number of hydrogen-bond acceptors (Lipinski definition) is 6. The van der Waals surface area contributed by atoms with Gasteiger partial charge in [0.25, 0.3) is 0 Å². The molecule has 2 N–H and O–H groups in total. The van der Waals surface area contributed by atoms with Gasteiger partial charge in [0.1, 0.15) is 13.2 Å². The zero-order valence-corrected chi connectivity index (χ0v) is 49.2. The summed E-state index contributed by atoms with van der Waals surface area (Å²) in [6, 6.07) is 0. The van der Waals surface area contributed by atoms with Crippen LogP contribution < -0.4 is 0 Å². The van der Waals surface area contributed by atoms with E-state index < -0.39 is 36.5 Å².